The lowest BCUT2D eigenvalue weighted by atomic mass is 10.1. The maximum absolute atomic E-state index is 12.0. The number of amides is 1. The fourth-order valence-corrected chi connectivity index (χ4v) is 1.64. The monoisotopic (exact) mass is 259 g/mol. The standard InChI is InChI=1S/C14H13NO4/c1-9-7-10(8-19-9)13(16)15-12-6-4-3-5-11(12)14(17)18-2/h3-8H,1-2H3,(H,15,16). The second-order valence-electron chi connectivity index (χ2n) is 3.94. The van der Waals surface area contributed by atoms with E-state index in [0.29, 0.717) is 22.6 Å². The Morgan fingerprint density at radius 2 is 2.00 bits per heavy atom. The van der Waals surface area contributed by atoms with Crippen molar-refractivity contribution in [1.82, 2.24) is 0 Å². The molecule has 0 bridgehead atoms. The number of furan rings is 1. The highest BCUT2D eigenvalue weighted by molar-refractivity contribution is 6.07. The van der Waals surface area contributed by atoms with Gasteiger partial charge >= 0.3 is 5.97 Å². The minimum absolute atomic E-state index is 0.304. The molecular formula is C14H13NO4. The molecule has 1 aromatic carbocycles. The van der Waals surface area contributed by atoms with Crippen LogP contribution in [-0.4, -0.2) is 19.0 Å². The van der Waals surface area contributed by atoms with Crippen LogP contribution < -0.4 is 5.32 Å². The van der Waals surface area contributed by atoms with Gasteiger partial charge < -0.3 is 14.5 Å². The second-order valence-corrected chi connectivity index (χ2v) is 3.94. The third kappa shape index (κ3) is 2.82. The van der Waals surface area contributed by atoms with Crippen molar-refractivity contribution in [2.75, 3.05) is 12.4 Å². The van der Waals surface area contributed by atoms with Crippen molar-refractivity contribution in [3.63, 3.8) is 0 Å². The molecule has 0 fully saturated rings. The number of ether oxygens (including phenoxy) is 1. The summed E-state index contributed by atoms with van der Waals surface area (Å²) in [6, 6.07) is 8.27. The Labute approximate surface area is 110 Å². The first-order valence-corrected chi connectivity index (χ1v) is 5.65. The lowest BCUT2D eigenvalue weighted by Gasteiger charge is -2.08. The molecule has 0 spiro atoms. The van der Waals surface area contributed by atoms with Gasteiger partial charge in [-0.05, 0) is 25.1 Å². The molecule has 0 saturated carbocycles. The second kappa shape index (κ2) is 5.39. The Balaban J connectivity index is 2.24. The zero-order valence-electron chi connectivity index (χ0n) is 10.6. The van der Waals surface area contributed by atoms with Crippen LogP contribution >= 0.6 is 0 Å². The lowest BCUT2D eigenvalue weighted by Crippen LogP contribution is -2.14. The van der Waals surface area contributed by atoms with Gasteiger partial charge in [-0.25, -0.2) is 4.79 Å². The van der Waals surface area contributed by atoms with E-state index >= 15 is 0 Å². The maximum Gasteiger partial charge on any atom is 0.339 e. The fraction of sp³-hybridized carbons (Fsp3) is 0.143. The predicted octanol–water partition coefficient (Wildman–Crippen LogP) is 2.63. The van der Waals surface area contributed by atoms with E-state index in [9.17, 15) is 9.59 Å². The van der Waals surface area contributed by atoms with E-state index in [2.05, 4.69) is 10.1 Å². The quantitative estimate of drug-likeness (QED) is 0.860. The molecule has 5 nitrogen and oxygen atoms in total. The highest BCUT2D eigenvalue weighted by Gasteiger charge is 2.15. The Kier molecular flexibility index (Phi) is 3.66. The van der Waals surface area contributed by atoms with Gasteiger partial charge in [0, 0.05) is 0 Å². The van der Waals surface area contributed by atoms with Crippen LogP contribution in [0.5, 0.6) is 0 Å². The van der Waals surface area contributed by atoms with Crippen molar-refractivity contribution in [3.05, 3.63) is 53.5 Å². The molecule has 2 rings (SSSR count). The summed E-state index contributed by atoms with van der Waals surface area (Å²) in [6.07, 6.45) is 1.37. The Morgan fingerprint density at radius 1 is 1.26 bits per heavy atom. The highest BCUT2D eigenvalue weighted by atomic mass is 16.5. The molecular weight excluding hydrogens is 246 g/mol. The van der Waals surface area contributed by atoms with E-state index in [-0.39, 0.29) is 5.91 Å². The topological polar surface area (TPSA) is 68.5 Å². The first-order chi connectivity index (χ1) is 9.11. The number of carbonyl (C=O) groups is 2. The minimum Gasteiger partial charge on any atom is -0.469 e. The first-order valence-electron chi connectivity index (χ1n) is 5.65. The van der Waals surface area contributed by atoms with Crippen molar-refractivity contribution in [1.29, 1.82) is 0 Å². The van der Waals surface area contributed by atoms with Crippen molar-refractivity contribution in [3.8, 4) is 0 Å². The summed E-state index contributed by atoms with van der Waals surface area (Å²) < 4.78 is 9.73. The van der Waals surface area contributed by atoms with Gasteiger partial charge in [-0.2, -0.15) is 0 Å². The average molecular weight is 259 g/mol. The average Bonchev–Trinajstić information content (AvgIpc) is 2.85. The zero-order chi connectivity index (χ0) is 13.8. The molecule has 1 amide bonds. The number of rotatable bonds is 3. The van der Waals surface area contributed by atoms with E-state index in [1.165, 1.54) is 13.4 Å². The van der Waals surface area contributed by atoms with Crippen molar-refractivity contribution in [2.24, 2.45) is 0 Å². The van der Waals surface area contributed by atoms with Gasteiger partial charge in [0.2, 0.25) is 0 Å². The minimum atomic E-state index is -0.501. The van der Waals surface area contributed by atoms with Crippen LogP contribution in [0.25, 0.3) is 0 Å². The van der Waals surface area contributed by atoms with Gasteiger partial charge in [-0.15, -0.1) is 0 Å². The SMILES string of the molecule is COC(=O)c1ccccc1NC(=O)c1coc(C)c1. The third-order valence-electron chi connectivity index (χ3n) is 2.57. The van der Waals surface area contributed by atoms with Gasteiger partial charge in [0.05, 0.1) is 23.9 Å². The van der Waals surface area contributed by atoms with Crippen LogP contribution in [0.2, 0.25) is 0 Å². The summed E-state index contributed by atoms with van der Waals surface area (Å²) >= 11 is 0. The molecule has 0 unspecified atom stereocenters. The molecule has 1 heterocycles. The van der Waals surface area contributed by atoms with Crippen LogP contribution in [0.1, 0.15) is 26.5 Å². The number of methoxy groups -OCH3 is 1. The van der Waals surface area contributed by atoms with Crippen molar-refractivity contribution >= 4 is 17.6 Å². The normalized spacial score (nSPS) is 10.0. The van der Waals surface area contributed by atoms with E-state index in [1.807, 2.05) is 0 Å². The van der Waals surface area contributed by atoms with Crippen molar-refractivity contribution in [2.45, 2.75) is 6.92 Å². The van der Waals surface area contributed by atoms with E-state index in [1.54, 1.807) is 37.3 Å². The van der Waals surface area contributed by atoms with Crippen LogP contribution in [0.3, 0.4) is 0 Å². The van der Waals surface area contributed by atoms with Gasteiger partial charge in [-0.3, -0.25) is 4.79 Å². The Morgan fingerprint density at radius 3 is 2.63 bits per heavy atom. The molecule has 1 N–H and O–H groups in total. The molecule has 98 valence electrons. The van der Waals surface area contributed by atoms with E-state index in [4.69, 9.17) is 4.42 Å². The number of carbonyl (C=O) groups excluding carboxylic acids is 2. The Hall–Kier alpha value is -2.56. The first kappa shape index (κ1) is 12.9. The summed E-state index contributed by atoms with van der Waals surface area (Å²) in [5.41, 5.74) is 1.11. The van der Waals surface area contributed by atoms with Crippen LogP contribution in [0.15, 0.2) is 41.0 Å². The van der Waals surface area contributed by atoms with Gasteiger partial charge in [0.1, 0.15) is 12.0 Å². The fourth-order valence-electron chi connectivity index (χ4n) is 1.64. The molecule has 0 atom stereocenters. The van der Waals surface area contributed by atoms with Gasteiger partial charge in [0.15, 0.2) is 0 Å². The summed E-state index contributed by atoms with van der Waals surface area (Å²) in [5.74, 6) is -0.195. The lowest BCUT2D eigenvalue weighted by molar-refractivity contribution is 0.0602. The van der Waals surface area contributed by atoms with Crippen LogP contribution in [0, 0.1) is 6.92 Å². The molecule has 5 heteroatoms. The molecule has 0 radical (unpaired) electrons. The largest absolute Gasteiger partial charge is 0.469 e. The molecule has 1 aromatic heterocycles. The van der Waals surface area contributed by atoms with E-state index in [0.717, 1.165) is 0 Å². The number of hydrogen-bond donors (Lipinski definition) is 1. The Bertz CT molecular complexity index is 615. The summed E-state index contributed by atoms with van der Waals surface area (Å²) in [4.78, 5) is 23.5. The number of aryl methyl sites for hydroxylation is 1. The molecule has 0 saturated heterocycles. The number of hydrogen-bond acceptors (Lipinski definition) is 4. The van der Waals surface area contributed by atoms with Gasteiger partial charge in [0.25, 0.3) is 5.91 Å². The summed E-state index contributed by atoms with van der Waals surface area (Å²) in [7, 11) is 1.29. The molecule has 0 aliphatic heterocycles. The smallest absolute Gasteiger partial charge is 0.339 e. The molecule has 19 heavy (non-hydrogen) atoms. The summed E-state index contributed by atoms with van der Waals surface area (Å²) in [5, 5.41) is 2.66. The molecule has 0 aliphatic carbocycles. The number of esters is 1. The molecule has 2 aromatic rings. The molecule has 0 aliphatic rings. The number of benzene rings is 1. The van der Waals surface area contributed by atoms with Crippen LogP contribution in [0.4, 0.5) is 5.69 Å². The highest BCUT2D eigenvalue weighted by Crippen LogP contribution is 2.17. The number of anilines is 1. The van der Waals surface area contributed by atoms with Gasteiger partial charge in [-0.1, -0.05) is 12.1 Å². The summed E-state index contributed by atoms with van der Waals surface area (Å²) in [6.45, 7) is 1.75. The van der Waals surface area contributed by atoms with Crippen molar-refractivity contribution < 1.29 is 18.7 Å². The van der Waals surface area contributed by atoms with E-state index < -0.39 is 5.97 Å². The zero-order valence-corrected chi connectivity index (χ0v) is 10.6. The number of nitrogens with one attached hydrogen (secondary N) is 1. The third-order valence-corrected chi connectivity index (χ3v) is 2.57. The van der Waals surface area contributed by atoms with Crippen LogP contribution in [-0.2, 0) is 4.74 Å². The maximum atomic E-state index is 12.0. The number of para-hydroxylation sites is 1. The predicted molar refractivity (Wildman–Crippen MR) is 69.2 cm³/mol.